The summed E-state index contributed by atoms with van der Waals surface area (Å²) >= 11 is 0. The SMILES string of the molecule is Cc1noc(C2CCCN(C(=O)C[C@@H]3CCC[C@H]3N)C2)n1.Cl. The molecule has 124 valence electrons. The number of hydrogen-bond acceptors (Lipinski definition) is 5. The first-order valence-electron chi connectivity index (χ1n) is 7.97. The number of nitrogens with two attached hydrogens (primary N) is 1. The van der Waals surface area contributed by atoms with E-state index in [9.17, 15) is 4.79 Å². The Morgan fingerprint density at radius 2 is 2.18 bits per heavy atom. The number of halogens is 1. The fraction of sp³-hybridized carbons (Fsp3) is 0.800. The molecule has 0 bridgehead atoms. The molecule has 1 aliphatic heterocycles. The molecule has 2 aliphatic rings. The second kappa shape index (κ2) is 7.42. The zero-order chi connectivity index (χ0) is 14.8. The van der Waals surface area contributed by atoms with Crippen molar-refractivity contribution in [1.82, 2.24) is 15.0 Å². The highest BCUT2D eigenvalue weighted by atomic mass is 35.5. The smallest absolute Gasteiger partial charge is 0.231 e. The Balaban J connectivity index is 0.00000176. The summed E-state index contributed by atoms with van der Waals surface area (Å²) in [6, 6.07) is 0.202. The number of likely N-dealkylation sites (tertiary alicyclic amines) is 1. The Kier molecular flexibility index (Phi) is 5.81. The van der Waals surface area contributed by atoms with Crippen molar-refractivity contribution in [3.05, 3.63) is 11.7 Å². The number of amides is 1. The van der Waals surface area contributed by atoms with Crippen LogP contribution in [-0.4, -0.2) is 40.1 Å². The lowest BCUT2D eigenvalue weighted by molar-refractivity contribution is -0.133. The monoisotopic (exact) mass is 328 g/mol. The highest BCUT2D eigenvalue weighted by molar-refractivity contribution is 5.85. The molecule has 0 spiro atoms. The molecule has 2 fully saturated rings. The van der Waals surface area contributed by atoms with Gasteiger partial charge < -0.3 is 15.2 Å². The molecule has 1 aromatic rings. The Hall–Kier alpha value is -1.14. The van der Waals surface area contributed by atoms with Crippen LogP contribution in [0.3, 0.4) is 0 Å². The summed E-state index contributed by atoms with van der Waals surface area (Å²) in [6.45, 7) is 3.35. The molecule has 3 rings (SSSR count). The molecule has 2 heterocycles. The molecule has 22 heavy (non-hydrogen) atoms. The molecule has 1 saturated heterocycles. The lowest BCUT2D eigenvalue weighted by atomic mass is 9.95. The van der Waals surface area contributed by atoms with Gasteiger partial charge in [0.2, 0.25) is 11.8 Å². The van der Waals surface area contributed by atoms with Crippen molar-refractivity contribution in [3.63, 3.8) is 0 Å². The molecule has 0 aromatic carbocycles. The first kappa shape index (κ1) is 17.2. The Bertz CT molecular complexity index is 507. The van der Waals surface area contributed by atoms with Crippen molar-refractivity contribution < 1.29 is 9.32 Å². The summed E-state index contributed by atoms with van der Waals surface area (Å²) in [6.07, 6.45) is 5.90. The first-order chi connectivity index (χ1) is 10.1. The molecule has 0 radical (unpaired) electrons. The highest BCUT2D eigenvalue weighted by Gasteiger charge is 2.31. The minimum absolute atomic E-state index is 0. The topological polar surface area (TPSA) is 85.2 Å². The van der Waals surface area contributed by atoms with Crippen molar-refractivity contribution in [2.75, 3.05) is 13.1 Å². The maximum atomic E-state index is 12.5. The summed E-state index contributed by atoms with van der Waals surface area (Å²) in [4.78, 5) is 18.8. The van der Waals surface area contributed by atoms with Gasteiger partial charge in [0, 0.05) is 25.6 Å². The van der Waals surface area contributed by atoms with Crippen LogP contribution in [0.15, 0.2) is 4.52 Å². The van der Waals surface area contributed by atoms with E-state index in [0.29, 0.717) is 30.6 Å². The predicted octanol–water partition coefficient (Wildman–Crippen LogP) is 2.02. The van der Waals surface area contributed by atoms with Crippen molar-refractivity contribution >= 4 is 18.3 Å². The maximum absolute atomic E-state index is 12.5. The molecule has 6 nitrogen and oxygen atoms in total. The molecular formula is C15H25ClN4O2. The highest BCUT2D eigenvalue weighted by Crippen LogP contribution is 2.30. The van der Waals surface area contributed by atoms with Gasteiger partial charge in [-0.25, -0.2) is 0 Å². The van der Waals surface area contributed by atoms with Crippen LogP contribution < -0.4 is 5.73 Å². The predicted molar refractivity (Wildman–Crippen MR) is 84.8 cm³/mol. The van der Waals surface area contributed by atoms with E-state index in [0.717, 1.165) is 38.6 Å². The van der Waals surface area contributed by atoms with Crippen molar-refractivity contribution in [3.8, 4) is 0 Å². The third kappa shape index (κ3) is 3.79. The summed E-state index contributed by atoms with van der Waals surface area (Å²) in [5.74, 6) is 2.11. The zero-order valence-electron chi connectivity index (χ0n) is 13.0. The minimum Gasteiger partial charge on any atom is -0.342 e. The van der Waals surface area contributed by atoms with Gasteiger partial charge in [-0.1, -0.05) is 11.6 Å². The zero-order valence-corrected chi connectivity index (χ0v) is 13.8. The van der Waals surface area contributed by atoms with Gasteiger partial charge in [-0.15, -0.1) is 12.4 Å². The second-order valence-electron chi connectivity index (χ2n) is 6.42. The number of carbonyl (C=O) groups excluding carboxylic acids is 1. The molecule has 7 heteroatoms. The van der Waals surface area contributed by atoms with E-state index < -0.39 is 0 Å². The van der Waals surface area contributed by atoms with Gasteiger partial charge in [-0.2, -0.15) is 4.98 Å². The number of carbonyl (C=O) groups is 1. The Morgan fingerprint density at radius 3 is 2.82 bits per heavy atom. The molecule has 1 aliphatic carbocycles. The number of aromatic nitrogens is 2. The van der Waals surface area contributed by atoms with Crippen LogP contribution in [0.2, 0.25) is 0 Å². The van der Waals surface area contributed by atoms with E-state index in [1.807, 2.05) is 11.8 Å². The number of rotatable bonds is 3. The number of aryl methyl sites for hydroxylation is 1. The normalized spacial score (nSPS) is 28.5. The third-order valence-electron chi connectivity index (χ3n) is 4.82. The van der Waals surface area contributed by atoms with Crippen LogP contribution in [-0.2, 0) is 4.79 Å². The van der Waals surface area contributed by atoms with Crippen molar-refractivity contribution in [1.29, 1.82) is 0 Å². The van der Waals surface area contributed by atoms with E-state index >= 15 is 0 Å². The maximum Gasteiger partial charge on any atom is 0.231 e. The average molecular weight is 329 g/mol. The second-order valence-corrected chi connectivity index (χ2v) is 6.42. The summed E-state index contributed by atoms with van der Waals surface area (Å²) in [5, 5.41) is 3.85. The summed E-state index contributed by atoms with van der Waals surface area (Å²) in [7, 11) is 0. The van der Waals surface area contributed by atoms with Gasteiger partial charge >= 0.3 is 0 Å². The lowest BCUT2D eigenvalue weighted by Crippen LogP contribution is -2.41. The van der Waals surface area contributed by atoms with Crippen LogP contribution in [0, 0.1) is 12.8 Å². The third-order valence-corrected chi connectivity index (χ3v) is 4.82. The molecule has 2 N–H and O–H groups in total. The molecule has 1 amide bonds. The van der Waals surface area contributed by atoms with E-state index in [4.69, 9.17) is 10.3 Å². The van der Waals surface area contributed by atoms with Crippen LogP contribution in [0.4, 0.5) is 0 Å². The Labute approximate surface area is 137 Å². The van der Waals surface area contributed by atoms with Crippen LogP contribution in [0.25, 0.3) is 0 Å². The lowest BCUT2D eigenvalue weighted by Gasteiger charge is -2.32. The van der Waals surface area contributed by atoms with Crippen LogP contribution in [0.1, 0.15) is 56.2 Å². The molecule has 1 aromatic heterocycles. The Morgan fingerprint density at radius 1 is 1.36 bits per heavy atom. The van der Waals surface area contributed by atoms with E-state index in [-0.39, 0.29) is 30.3 Å². The van der Waals surface area contributed by atoms with Crippen molar-refractivity contribution in [2.24, 2.45) is 11.7 Å². The van der Waals surface area contributed by atoms with E-state index in [2.05, 4.69) is 10.1 Å². The fourth-order valence-electron chi connectivity index (χ4n) is 3.56. The van der Waals surface area contributed by atoms with Gasteiger partial charge in [0.15, 0.2) is 5.82 Å². The standard InChI is InChI=1S/C15H24N4O2.ClH/c1-10-17-15(21-18-10)12-5-3-7-19(9-12)14(20)8-11-4-2-6-13(11)16;/h11-13H,2-9,16H2,1H3;1H/t11-,12?,13+;/m0./s1. The van der Waals surface area contributed by atoms with Gasteiger partial charge in [0.1, 0.15) is 0 Å². The first-order valence-corrected chi connectivity index (χ1v) is 7.97. The quantitative estimate of drug-likeness (QED) is 0.917. The van der Waals surface area contributed by atoms with Crippen molar-refractivity contribution in [2.45, 2.75) is 57.4 Å². The molecule has 1 saturated carbocycles. The fourth-order valence-corrected chi connectivity index (χ4v) is 3.56. The molecular weight excluding hydrogens is 304 g/mol. The molecule has 1 unspecified atom stereocenters. The summed E-state index contributed by atoms with van der Waals surface area (Å²) in [5.41, 5.74) is 6.07. The molecule has 3 atom stereocenters. The largest absolute Gasteiger partial charge is 0.342 e. The van der Waals surface area contributed by atoms with Gasteiger partial charge in [-0.3, -0.25) is 4.79 Å². The van der Waals surface area contributed by atoms with Gasteiger partial charge in [-0.05, 0) is 38.5 Å². The minimum atomic E-state index is 0. The van der Waals surface area contributed by atoms with Crippen LogP contribution >= 0.6 is 12.4 Å². The number of nitrogens with zero attached hydrogens (tertiary/aromatic N) is 3. The number of piperidine rings is 1. The van der Waals surface area contributed by atoms with E-state index in [1.54, 1.807) is 0 Å². The van der Waals surface area contributed by atoms with E-state index in [1.165, 1.54) is 0 Å². The van der Waals surface area contributed by atoms with Gasteiger partial charge in [0.05, 0.1) is 5.92 Å². The van der Waals surface area contributed by atoms with Crippen LogP contribution in [0.5, 0.6) is 0 Å². The average Bonchev–Trinajstić information content (AvgIpc) is 3.08. The summed E-state index contributed by atoms with van der Waals surface area (Å²) < 4.78 is 5.26. The van der Waals surface area contributed by atoms with Gasteiger partial charge in [0.25, 0.3) is 0 Å². The number of hydrogen-bond donors (Lipinski definition) is 1.